The second-order valence-corrected chi connectivity index (χ2v) is 6.25. The van der Waals surface area contributed by atoms with E-state index in [1.54, 1.807) is 30.3 Å². The maximum Gasteiger partial charge on any atom is 0.431 e. The highest BCUT2D eigenvalue weighted by Crippen LogP contribution is 2.33. The first-order chi connectivity index (χ1) is 12.1. The Morgan fingerprint density at radius 3 is 2.19 bits per heavy atom. The number of anilines is 2. The summed E-state index contributed by atoms with van der Waals surface area (Å²) in [7, 11) is 2.59. The number of benzene rings is 2. The molecule has 2 aromatic rings. The number of aromatic hydroxyl groups is 1. The Hall–Kier alpha value is -2.60. The zero-order valence-corrected chi connectivity index (χ0v) is 15.0. The molecule has 138 valence electrons. The Balaban J connectivity index is 2.26. The molecule has 0 atom stereocenters. The molecule has 2 aromatic carbocycles. The lowest BCUT2D eigenvalue weighted by Crippen LogP contribution is -2.25. The standard InChI is InChI=1S/C19H18ClF3N2O/c1-12(10-18(25(2)3)19(21,22)23)16-9-8-15(11-17(16)26)24-14-6-4-13(20)5-7-14/h4-11,24,26H,1H2,2-3H3/b18-10-. The Morgan fingerprint density at radius 2 is 1.69 bits per heavy atom. The molecule has 3 nitrogen and oxygen atoms in total. The monoisotopic (exact) mass is 382 g/mol. The molecule has 0 aliphatic heterocycles. The number of phenols is 1. The van der Waals surface area contributed by atoms with Gasteiger partial charge in [-0.25, -0.2) is 0 Å². The zero-order valence-electron chi connectivity index (χ0n) is 14.2. The van der Waals surface area contributed by atoms with E-state index in [1.165, 1.54) is 26.2 Å². The lowest BCUT2D eigenvalue weighted by Gasteiger charge is -2.20. The lowest BCUT2D eigenvalue weighted by atomic mass is 10.0. The molecule has 0 aliphatic carbocycles. The van der Waals surface area contributed by atoms with Crippen LogP contribution in [0.5, 0.6) is 5.75 Å². The number of halogens is 4. The summed E-state index contributed by atoms with van der Waals surface area (Å²) >= 11 is 5.82. The van der Waals surface area contributed by atoms with Crippen molar-refractivity contribution < 1.29 is 18.3 Å². The topological polar surface area (TPSA) is 35.5 Å². The van der Waals surface area contributed by atoms with Gasteiger partial charge >= 0.3 is 6.18 Å². The summed E-state index contributed by atoms with van der Waals surface area (Å²) in [5.74, 6) is -0.175. The van der Waals surface area contributed by atoms with Gasteiger partial charge in [0.15, 0.2) is 0 Å². The number of phenolic OH excluding ortho intramolecular Hbond substituents is 1. The minimum absolute atomic E-state index is 0.0570. The summed E-state index contributed by atoms with van der Waals surface area (Å²) in [5, 5.41) is 13.9. The number of rotatable bonds is 5. The van der Waals surface area contributed by atoms with Crippen molar-refractivity contribution in [3.8, 4) is 5.75 Å². The van der Waals surface area contributed by atoms with E-state index in [-0.39, 0.29) is 16.9 Å². The third kappa shape index (κ3) is 4.95. The van der Waals surface area contributed by atoms with E-state index in [0.717, 1.165) is 16.7 Å². The number of allylic oxidation sites excluding steroid dienone is 3. The fourth-order valence-corrected chi connectivity index (χ4v) is 2.41. The average molecular weight is 383 g/mol. The summed E-state index contributed by atoms with van der Waals surface area (Å²) < 4.78 is 39.1. The highest BCUT2D eigenvalue weighted by Gasteiger charge is 2.35. The maximum atomic E-state index is 13.0. The van der Waals surface area contributed by atoms with Crippen molar-refractivity contribution in [2.75, 3.05) is 19.4 Å². The molecule has 0 heterocycles. The minimum atomic E-state index is -4.52. The SMILES string of the molecule is C=C(/C=C(\N(C)C)C(F)(F)F)c1ccc(Nc2ccc(Cl)cc2)cc1O. The van der Waals surface area contributed by atoms with Crippen LogP contribution in [0.25, 0.3) is 5.57 Å². The third-order valence-electron chi connectivity index (χ3n) is 3.56. The largest absolute Gasteiger partial charge is 0.507 e. The number of nitrogens with zero attached hydrogens (tertiary/aromatic N) is 1. The van der Waals surface area contributed by atoms with E-state index in [4.69, 9.17) is 11.6 Å². The lowest BCUT2D eigenvalue weighted by molar-refractivity contribution is -0.107. The molecular formula is C19H18ClF3N2O. The minimum Gasteiger partial charge on any atom is -0.507 e. The second-order valence-electron chi connectivity index (χ2n) is 5.81. The van der Waals surface area contributed by atoms with E-state index >= 15 is 0 Å². The molecular weight excluding hydrogens is 365 g/mol. The summed E-state index contributed by atoms with van der Waals surface area (Å²) in [4.78, 5) is 0.957. The van der Waals surface area contributed by atoms with Gasteiger partial charge in [-0.15, -0.1) is 0 Å². The Bertz CT molecular complexity index is 828. The second kappa shape index (κ2) is 7.74. The van der Waals surface area contributed by atoms with Crippen molar-refractivity contribution >= 4 is 28.5 Å². The predicted molar refractivity (Wildman–Crippen MR) is 99.7 cm³/mol. The van der Waals surface area contributed by atoms with E-state index < -0.39 is 11.9 Å². The normalized spacial score (nSPS) is 12.0. The molecule has 7 heteroatoms. The molecule has 0 amide bonds. The summed E-state index contributed by atoms with van der Waals surface area (Å²) in [6.45, 7) is 3.65. The average Bonchev–Trinajstić information content (AvgIpc) is 2.53. The fraction of sp³-hybridized carbons (Fsp3) is 0.158. The summed E-state index contributed by atoms with van der Waals surface area (Å²) in [6, 6.07) is 11.5. The van der Waals surface area contributed by atoms with Crippen LogP contribution in [0, 0.1) is 0 Å². The van der Waals surface area contributed by atoms with Gasteiger partial charge < -0.3 is 15.3 Å². The van der Waals surface area contributed by atoms with Gasteiger partial charge in [0.1, 0.15) is 11.4 Å². The van der Waals surface area contributed by atoms with Gasteiger partial charge in [0, 0.05) is 42.1 Å². The number of hydrogen-bond acceptors (Lipinski definition) is 3. The maximum absolute atomic E-state index is 13.0. The van der Waals surface area contributed by atoms with Gasteiger partial charge in [0.25, 0.3) is 0 Å². The van der Waals surface area contributed by atoms with E-state index in [1.807, 2.05) is 0 Å². The molecule has 26 heavy (non-hydrogen) atoms. The first-order valence-corrected chi connectivity index (χ1v) is 7.97. The van der Waals surface area contributed by atoms with Crippen LogP contribution in [0.2, 0.25) is 5.02 Å². The highest BCUT2D eigenvalue weighted by atomic mass is 35.5. The molecule has 0 radical (unpaired) electrons. The smallest absolute Gasteiger partial charge is 0.431 e. The molecule has 0 saturated heterocycles. The van der Waals surface area contributed by atoms with Crippen LogP contribution in [0.1, 0.15) is 5.56 Å². The predicted octanol–water partition coefficient (Wildman–Crippen LogP) is 5.81. The van der Waals surface area contributed by atoms with E-state index in [2.05, 4.69) is 11.9 Å². The van der Waals surface area contributed by atoms with Crippen molar-refractivity contribution in [3.63, 3.8) is 0 Å². The fourth-order valence-electron chi connectivity index (χ4n) is 2.29. The highest BCUT2D eigenvalue weighted by molar-refractivity contribution is 6.30. The van der Waals surface area contributed by atoms with Gasteiger partial charge in [-0.1, -0.05) is 18.2 Å². The van der Waals surface area contributed by atoms with Crippen LogP contribution in [0.3, 0.4) is 0 Å². The Labute approximate surface area is 155 Å². The van der Waals surface area contributed by atoms with Gasteiger partial charge in [-0.3, -0.25) is 0 Å². The molecule has 2 N–H and O–H groups in total. The van der Waals surface area contributed by atoms with E-state index in [0.29, 0.717) is 10.7 Å². The van der Waals surface area contributed by atoms with Crippen molar-refractivity contribution in [2.24, 2.45) is 0 Å². The molecule has 0 aliphatic rings. The summed E-state index contributed by atoms with van der Waals surface area (Å²) in [6.07, 6.45) is -3.61. The van der Waals surface area contributed by atoms with Crippen LogP contribution in [-0.2, 0) is 0 Å². The molecule has 0 fully saturated rings. The van der Waals surface area contributed by atoms with Gasteiger partial charge in [-0.2, -0.15) is 13.2 Å². The molecule has 0 saturated carbocycles. The Morgan fingerprint density at radius 1 is 1.12 bits per heavy atom. The quantitative estimate of drug-likeness (QED) is 0.640. The zero-order chi connectivity index (χ0) is 19.5. The number of hydrogen-bond donors (Lipinski definition) is 2. The van der Waals surface area contributed by atoms with Crippen LogP contribution >= 0.6 is 11.6 Å². The van der Waals surface area contributed by atoms with Crippen LogP contribution in [0.15, 0.2) is 60.8 Å². The molecule has 0 unspecified atom stereocenters. The van der Waals surface area contributed by atoms with Crippen LogP contribution in [0.4, 0.5) is 24.5 Å². The first-order valence-electron chi connectivity index (χ1n) is 7.59. The van der Waals surface area contributed by atoms with Crippen molar-refractivity contribution in [1.29, 1.82) is 0 Å². The van der Waals surface area contributed by atoms with Gasteiger partial charge in [-0.05, 0) is 48.0 Å². The molecule has 0 bridgehead atoms. The van der Waals surface area contributed by atoms with E-state index in [9.17, 15) is 18.3 Å². The molecule has 2 rings (SSSR count). The Kier molecular flexibility index (Phi) is 5.87. The van der Waals surface area contributed by atoms with Crippen molar-refractivity contribution in [1.82, 2.24) is 4.90 Å². The van der Waals surface area contributed by atoms with Gasteiger partial charge in [0.2, 0.25) is 0 Å². The number of alkyl halides is 3. The van der Waals surface area contributed by atoms with Crippen LogP contribution in [-0.4, -0.2) is 30.3 Å². The summed E-state index contributed by atoms with van der Waals surface area (Å²) in [5.41, 5.74) is 0.753. The number of nitrogens with one attached hydrogen (secondary N) is 1. The third-order valence-corrected chi connectivity index (χ3v) is 3.81. The molecule has 0 spiro atoms. The van der Waals surface area contributed by atoms with Crippen molar-refractivity contribution in [3.05, 3.63) is 71.4 Å². The first kappa shape index (κ1) is 19.7. The van der Waals surface area contributed by atoms with Gasteiger partial charge in [0.05, 0.1) is 0 Å². The van der Waals surface area contributed by atoms with Crippen molar-refractivity contribution in [2.45, 2.75) is 6.18 Å². The molecule has 0 aromatic heterocycles. The van der Waals surface area contributed by atoms with Crippen LogP contribution < -0.4 is 5.32 Å².